The van der Waals surface area contributed by atoms with E-state index in [-0.39, 0.29) is 12.0 Å². The fraction of sp³-hybridized carbons (Fsp3) is 0.174. The summed E-state index contributed by atoms with van der Waals surface area (Å²) in [6.45, 7) is 4.07. The summed E-state index contributed by atoms with van der Waals surface area (Å²) >= 11 is 11.9. The maximum Gasteiger partial charge on any atom is 0.349 e. The van der Waals surface area contributed by atoms with E-state index in [1.165, 1.54) is 5.56 Å². The number of esters is 1. The number of benzene rings is 3. The van der Waals surface area contributed by atoms with Crippen LogP contribution < -0.4 is 9.47 Å². The van der Waals surface area contributed by atoms with Crippen LogP contribution in [0, 0.1) is 0 Å². The lowest BCUT2D eigenvalue weighted by Gasteiger charge is -2.26. The second kappa shape index (κ2) is 8.68. The highest BCUT2D eigenvalue weighted by atomic mass is 35.5. The normalized spacial score (nSPS) is 11.1. The third kappa shape index (κ3) is 4.86. The summed E-state index contributed by atoms with van der Waals surface area (Å²) in [5, 5.41) is 0.839. The van der Waals surface area contributed by atoms with Gasteiger partial charge in [-0.2, -0.15) is 0 Å². The molecule has 144 valence electrons. The molecular weight excluding hydrogens is 395 g/mol. The van der Waals surface area contributed by atoms with Crippen LogP contribution in [-0.2, 0) is 10.2 Å². The summed E-state index contributed by atoms with van der Waals surface area (Å²) in [4.78, 5) is 12.1. The number of hydrogen-bond donors (Lipinski definition) is 0. The minimum atomic E-state index is -0.513. The van der Waals surface area contributed by atoms with Crippen LogP contribution in [0.3, 0.4) is 0 Å². The summed E-state index contributed by atoms with van der Waals surface area (Å²) in [6.07, 6.45) is 0. The van der Waals surface area contributed by atoms with Gasteiger partial charge in [0, 0.05) is 10.4 Å². The molecular formula is C23H20Cl2O3. The quantitative estimate of drug-likeness (QED) is 0.350. The van der Waals surface area contributed by atoms with Gasteiger partial charge in [0.1, 0.15) is 11.5 Å². The molecule has 0 unspecified atom stereocenters. The maximum absolute atomic E-state index is 12.1. The van der Waals surface area contributed by atoms with Gasteiger partial charge in [-0.25, -0.2) is 4.79 Å². The molecule has 0 saturated carbocycles. The van der Waals surface area contributed by atoms with E-state index in [1.54, 1.807) is 30.3 Å². The molecule has 0 N–H and O–H groups in total. The summed E-state index contributed by atoms with van der Waals surface area (Å²) in [6, 6.07) is 22.6. The van der Waals surface area contributed by atoms with E-state index in [2.05, 4.69) is 26.0 Å². The monoisotopic (exact) mass is 414 g/mol. The molecule has 3 aromatic rings. The summed E-state index contributed by atoms with van der Waals surface area (Å²) < 4.78 is 10.7. The topological polar surface area (TPSA) is 35.5 Å². The first-order valence-electron chi connectivity index (χ1n) is 8.81. The van der Waals surface area contributed by atoms with Crippen LogP contribution in [0.2, 0.25) is 10.0 Å². The number of hydrogen-bond acceptors (Lipinski definition) is 3. The lowest BCUT2D eigenvalue weighted by atomic mass is 9.78. The molecule has 0 saturated heterocycles. The molecule has 0 aromatic heterocycles. The zero-order valence-corrected chi connectivity index (χ0v) is 17.1. The Morgan fingerprint density at radius 2 is 1.54 bits per heavy atom. The fourth-order valence-corrected chi connectivity index (χ4v) is 3.31. The number of rotatable bonds is 6. The van der Waals surface area contributed by atoms with Gasteiger partial charge in [0.15, 0.2) is 6.61 Å². The Labute approximate surface area is 174 Å². The molecule has 0 fully saturated rings. The Hall–Kier alpha value is -2.49. The Bertz CT molecular complexity index is 951. The van der Waals surface area contributed by atoms with Crippen LogP contribution in [0.5, 0.6) is 11.5 Å². The van der Waals surface area contributed by atoms with Gasteiger partial charge in [-0.15, -0.1) is 0 Å². The van der Waals surface area contributed by atoms with Gasteiger partial charge in [-0.3, -0.25) is 0 Å². The van der Waals surface area contributed by atoms with Gasteiger partial charge in [-0.05, 0) is 41.5 Å². The molecule has 3 aromatic carbocycles. The first-order chi connectivity index (χ1) is 13.4. The van der Waals surface area contributed by atoms with E-state index in [0.29, 0.717) is 21.5 Å². The average Bonchev–Trinajstić information content (AvgIpc) is 2.68. The van der Waals surface area contributed by atoms with E-state index in [0.717, 1.165) is 5.56 Å². The molecule has 5 heteroatoms. The van der Waals surface area contributed by atoms with Crippen LogP contribution in [0.1, 0.15) is 25.0 Å². The molecule has 0 spiro atoms. The molecule has 28 heavy (non-hydrogen) atoms. The molecule has 0 radical (unpaired) electrons. The lowest BCUT2D eigenvalue weighted by molar-refractivity contribution is -0.136. The molecule has 0 bridgehead atoms. The minimum absolute atomic E-state index is 0.155. The molecule has 0 aliphatic heterocycles. The van der Waals surface area contributed by atoms with Crippen molar-refractivity contribution in [3.63, 3.8) is 0 Å². The predicted molar refractivity (Wildman–Crippen MR) is 113 cm³/mol. The van der Waals surface area contributed by atoms with Gasteiger partial charge < -0.3 is 9.47 Å². The Balaban J connectivity index is 1.61. The highest BCUT2D eigenvalue weighted by Gasteiger charge is 2.22. The molecule has 3 rings (SSSR count). The zero-order valence-electron chi connectivity index (χ0n) is 15.6. The first-order valence-corrected chi connectivity index (χ1v) is 9.56. The Kier molecular flexibility index (Phi) is 6.28. The lowest BCUT2D eigenvalue weighted by Crippen LogP contribution is -2.19. The number of ether oxygens (including phenoxy) is 2. The summed E-state index contributed by atoms with van der Waals surface area (Å²) in [5.74, 6) is 0.326. The molecule has 3 nitrogen and oxygen atoms in total. The predicted octanol–water partition coefficient (Wildman–Crippen LogP) is 6.30. The largest absolute Gasteiger partial charge is 0.480 e. The van der Waals surface area contributed by atoms with Crippen molar-refractivity contribution in [3.05, 3.63) is 94.0 Å². The second-order valence-electron chi connectivity index (χ2n) is 6.85. The van der Waals surface area contributed by atoms with Crippen LogP contribution in [0.15, 0.2) is 72.8 Å². The minimum Gasteiger partial charge on any atom is -0.480 e. The molecule has 0 aliphatic carbocycles. The van der Waals surface area contributed by atoms with E-state index < -0.39 is 5.97 Å². The highest BCUT2D eigenvalue weighted by molar-refractivity contribution is 6.35. The second-order valence-corrected chi connectivity index (χ2v) is 7.70. The summed E-state index contributed by atoms with van der Waals surface area (Å²) in [7, 11) is 0. The van der Waals surface area contributed by atoms with Gasteiger partial charge in [-0.1, -0.05) is 79.5 Å². The highest BCUT2D eigenvalue weighted by Crippen LogP contribution is 2.32. The van der Waals surface area contributed by atoms with Crippen LogP contribution in [0.25, 0.3) is 0 Å². The van der Waals surface area contributed by atoms with E-state index in [1.807, 2.05) is 30.3 Å². The van der Waals surface area contributed by atoms with Crippen molar-refractivity contribution >= 4 is 29.2 Å². The summed E-state index contributed by atoms with van der Waals surface area (Å²) in [5.41, 5.74) is 2.19. The smallest absolute Gasteiger partial charge is 0.349 e. The molecule has 0 amide bonds. The standard InChI is InChI=1S/C23H20Cl2O3/c1-23(2,16-6-4-3-5-7-16)17-8-11-19(12-9-17)28-22(26)15-27-21-13-10-18(24)14-20(21)25/h3-14H,15H2,1-2H3. The van der Waals surface area contributed by atoms with E-state index in [9.17, 15) is 4.79 Å². The van der Waals surface area contributed by atoms with Gasteiger partial charge in [0.2, 0.25) is 0 Å². The zero-order chi connectivity index (χ0) is 20.1. The number of carbonyl (C=O) groups is 1. The third-order valence-corrected chi connectivity index (χ3v) is 5.07. The Morgan fingerprint density at radius 1 is 0.893 bits per heavy atom. The average molecular weight is 415 g/mol. The van der Waals surface area contributed by atoms with Crippen molar-refractivity contribution < 1.29 is 14.3 Å². The van der Waals surface area contributed by atoms with Crippen LogP contribution in [-0.4, -0.2) is 12.6 Å². The maximum atomic E-state index is 12.1. The number of carbonyl (C=O) groups excluding carboxylic acids is 1. The molecule has 0 atom stereocenters. The van der Waals surface area contributed by atoms with Crippen molar-refractivity contribution in [3.8, 4) is 11.5 Å². The van der Waals surface area contributed by atoms with E-state index >= 15 is 0 Å². The molecule has 0 aliphatic rings. The van der Waals surface area contributed by atoms with Gasteiger partial charge in [0.25, 0.3) is 0 Å². The van der Waals surface area contributed by atoms with Crippen molar-refractivity contribution in [1.82, 2.24) is 0 Å². The van der Waals surface area contributed by atoms with Crippen molar-refractivity contribution in [2.24, 2.45) is 0 Å². The van der Waals surface area contributed by atoms with Crippen molar-refractivity contribution in [1.29, 1.82) is 0 Å². The SMILES string of the molecule is CC(C)(c1ccccc1)c1ccc(OC(=O)COc2ccc(Cl)cc2Cl)cc1. The first kappa shape index (κ1) is 20.2. The van der Waals surface area contributed by atoms with Crippen molar-refractivity contribution in [2.75, 3.05) is 6.61 Å². The van der Waals surface area contributed by atoms with Crippen LogP contribution in [0.4, 0.5) is 0 Å². The van der Waals surface area contributed by atoms with E-state index in [4.69, 9.17) is 32.7 Å². The Morgan fingerprint density at radius 3 is 2.18 bits per heavy atom. The van der Waals surface area contributed by atoms with Gasteiger partial charge in [0.05, 0.1) is 5.02 Å². The third-order valence-electron chi connectivity index (χ3n) is 4.54. The van der Waals surface area contributed by atoms with Crippen LogP contribution >= 0.6 is 23.2 Å². The molecule has 0 heterocycles. The fourth-order valence-electron chi connectivity index (χ4n) is 2.85. The van der Waals surface area contributed by atoms with Gasteiger partial charge >= 0.3 is 5.97 Å². The number of halogens is 2. The van der Waals surface area contributed by atoms with Crippen molar-refractivity contribution in [2.45, 2.75) is 19.3 Å².